The zero-order valence-electron chi connectivity index (χ0n) is 37.9. The van der Waals surface area contributed by atoms with E-state index in [1.807, 2.05) is 12.3 Å². The zero-order chi connectivity index (χ0) is 45.0. The predicted molar refractivity (Wildman–Crippen MR) is 273 cm³/mol. The molecule has 0 amide bonds. The topological polar surface area (TPSA) is 25.8 Å². The Kier molecular flexibility index (Phi) is 8.55. The molecule has 0 fully saturated rings. The number of rotatable bonds is 6. The van der Waals surface area contributed by atoms with Gasteiger partial charge in [-0.3, -0.25) is 9.97 Å². The summed E-state index contributed by atoms with van der Waals surface area (Å²) in [7, 11) is 0. The molecule has 2 nitrogen and oxygen atoms in total. The second-order valence-electron chi connectivity index (χ2n) is 19.6. The second kappa shape index (κ2) is 14.5. The predicted octanol–water partition coefficient (Wildman–Crippen LogP) is 14.9. The largest absolute Gasteiger partial charge is 0.260 e. The SMILES string of the molecule is CC(C)(C)c1cc(C2(c3ccccc3)c3ccccc3-c3ccccc32)nc(C2(c3cccc(C4(c5ccccn5)c5ccccc5-c5ccccc54)c3)c3ccccc3-c3ccccc32)c1. The van der Waals surface area contributed by atoms with Gasteiger partial charge in [-0.15, -0.1) is 0 Å². The van der Waals surface area contributed by atoms with E-state index in [0.717, 1.165) is 17.1 Å². The third-order valence-corrected chi connectivity index (χ3v) is 15.3. The zero-order valence-corrected chi connectivity index (χ0v) is 37.9. The lowest BCUT2D eigenvalue weighted by atomic mass is 9.64. The highest BCUT2D eigenvalue weighted by Gasteiger charge is 2.53. The smallest absolute Gasteiger partial charge is 0.0886 e. The lowest BCUT2D eigenvalue weighted by Crippen LogP contribution is -2.36. The summed E-state index contributed by atoms with van der Waals surface area (Å²) < 4.78 is 0. The van der Waals surface area contributed by atoms with Gasteiger partial charge in [0.25, 0.3) is 0 Å². The Morgan fingerprint density at radius 2 is 0.627 bits per heavy atom. The van der Waals surface area contributed by atoms with Crippen LogP contribution in [0.25, 0.3) is 33.4 Å². The first kappa shape index (κ1) is 39.4. The van der Waals surface area contributed by atoms with Crippen LogP contribution in [0.5, 0.6) is 0 Å². The van der Waals surface area contributed by atoms with Crippen LogP contribution in [-0.2, 0) is 21.7 Å². The van der Waals surface area contributed by atoms with E-state index in [1.165, 1.54) is 89.0 Å². The van der Waals surface area contributed by atoms with Gasteiger partial charge in [0.1, 0.15) is 0 Å². The third-order valence-electron chi connectivity index (χ3n) is 15.3. The molecule has 3 aliphatic rings. The number of pyridine rings is 2. The summed E-state index contributed by atoms with van der Waals surface area (Å²) in [5, 5.41) is 0. The Balaban J connectivity index is 1.18. The number of aromatic nitrogens is 2. The monoisotopic (exact) mass is 856 g/mol. The molecule has 10 aromatic rings. The first-order chi connectivity index (χ1) is 32.9. The van der Waals surface area contributed by atoms with E-state index in [0.29, 0.717) is 0 Å². The standard InChI is InChI=1S/C65H48N2/c1-62(2,3)46-41-60(63(43-22-5-4-6-23-43)53-32-13-7-26-47(53)48-27-8-14-33-54(48)63)67-61(42-46)65(57-36-17-11-30-51(57)52-31-12-18-37-58(52)65)45-25-21-24-44(40-45)64(59-38-19-20-39-66-59)55-34-15-9-28-49(55)50-29-10-16-35-56(50)64/h4-42H,1-3H3. The molecule has 0 spiro atoms. The molecule has 0 bridgehead atoms. The van der Waals surface area contributed by atoms with Gasteiger partial charge in [-0.1, -0.05) is 227 Å². The van der Waals surface area contributed by atoms with Gasteiger partial charge in [-0.05, 0) is 119 Å². The average molecular weight is 857 g/mol. The van der Waals surface area contributed by atoms with Crippen molar-refractivity contribution in [3.63, 3.8) is 0 Å². The van der Waals surface area contributed by atoms with Gasteiger partial charge in [0.2, 0.25) is 0 Å². The highest BCUT2D eigenvalue weighted by atomic mass is 14.8. The maximum atomic E-state index is 6.27. The van der Waals surface area contributed by atoms with Crippen LogP contribution in [-0.4, -0.2) is 9.97 Å². The fourth-order valence-corrected chi connectivity index (χ4v) is 12.5. The Bertz CT molecular complexity index is 3440. The molecule has 0 saturated heterocycles. The van der Waals surface area contributed by atoms with Crippen LogP contribution in [0.15, 0.2) is 237 Å². The molecule has 67 heavy (non-hydrogen) atoms. The summed E-state index contributed by atoms with van der Waals surface area (Å²) in [6.07, 6.45) is 1.95. The number of benzene rings is 8. The van der Waals surface area contributed by atoms with Crippen molar-refractivity contribution in [1.29, 1.82) is 0 Å². The molecular formula is C65H48N2. The van der Waals surface area contributed by atoms with E-state index in [2.05, 4.69) is 245 Å². The molecule has 0 aliphatic heterocycles. The van der Waals surface area contributed by atoms with E-state index < -0.39 is 16.2 Å². The summed E-state index contributed by atoms with van der Waals surface area (Å²) >= 11 is 0. The summed E-state index contributed by atoms with van der Waals surface area (Å²) in [4.78, 5) is 11.5. The molecular weight excluding hydrogens is 809 g/mol. The van der Waals surface area contributed by atoms with E-state index in [-0.39, 0.29) is 5.41 Å². The molecule has 318 valence electrons. The van der Waals surface area contributed by atoms with Crippen LogP contribution in [0.4, 0.5) is 0 Å². The van der Waals surface area contributed by atoms with E-state index in [4.69, 9.17) is 9.97 Å². The highest BCUT2D eigenvalue weighted by molar-refractivity contribution is 5.89. The quantitative estimate of drug-likeness (QED) is 0.166. The Morgan fingerprint density at radius 3 is 1.00 bits per heavy atom. The van der Waals surface area contributed by atoms with Crippen LogP contribution in [0, 0.1) is 0 Å². The molecule has 0 saturated carbocycles. The molecule has 2 heteroatoms. The van der Waals surface area contributed by atoms with Gasteiger partial charge in [0, 0.05) is 6.20 Å². The first-order valence-corrected chi connectivity index (χ1v) is 23.6. The van der Waals surface area contributed by atoms with Crippen molar-refractivity contribution in [1.82, 2.24) is 9.97 Å². The van der Waals surface area contributed by atoms with Gasteiger partial charge in [-0.25, -0.2) is 0 Å². The molecule has 0 unspecified atom stereocenters. The van der Waals surface area contributed by atoms with Crippen molar-refractivity contribution in [3.8, 4) is 33.4 Å². The number of nitrogens with zero attached hydrogens (tertiary/aromatic N) is 2. The summed E-state index contributed by atoms with van der Waals surface area (Å²) in [6.45, 7) is 7.03. The maximum Gasteiger partial charge on any atom is 0.0886 e. The van der Waals surface area contributed by atoms with Crippen LogP contribution in [0.3, 0.4) is 0 Å². The molecule has 2 heterocycles. The van der Waals surface area contributed by atoms with Crippen LogP contribution in [0.2, 0.25) is 0 Å². The lowest BCUT2D eigenvalue weighted by Gasteiger charge is -2.39. The lowest BCUT2D eigenvalue weighted by molar-refractivity contribution is 0.577. The van der Waals surface area contributed by atoms with Crippen molar-refractivity contribution >= 4 is 0 Å². The minimum atomic E-state index is -0.808. The second-order valence-corrected chi connectivity index (χ2v) is 19.6. The van der Waals surface area contributed by atoms with Crippen LogP contribution in [0.1, 0.15) is 93.5 Å². The van der Waals surface area contributed by atoms with Gasteiger partial charge in [0.05, 0.1) is 33.3 Å². The molecule has 8 aromatic carbocycles. The van der Waals surface area contributed by atoms with Crippen LogP contribution < -0.4 is 0 Å². The maximum absolute atomic E-state index is 6.27. The highest BCUT2D eigenvalue weighted by Crippen LogP contribution is 2.61. The van der Waals surface area contributed by atoms with Gasteiger partial charge >= 0.3 is 0 Å². The van der Waals surface area contributed by atoms with Gasteiger partial charge < -0.3 is 0 Å². The molecule has 0 radical (unpaired) electrons. The first-order valence-electron chi connectivity index (χ1n) is 23.6. The molecule has 3 aliphatic carbocycles. The molecule has 0 atom stereocenters. The van der Waals surface area contributed by atoms with Crippen molar-refractivity contribution in [2.75, 3.05) is 0 Å². The summed E-state index contributed by atoms with van der Waals surface area (Å²) in [5.41, 5.74) is 20.4. The van der Waals surface area contributed by atoms with Crippen molar-refractivity contribution in [2.24, 2.45) is 0 Å². The minimum Gasteiger partial charge on any atom is -0.260 e. The third kappa shape index (κ3) is 5.27. The van der Waals surface area contributed by atoms with Gasteiger partial charge in [0.15, 0.2) is 0 Å². The Morgan fingerprint density at radius 1 is 0.299 bits per heavy atom. The number of hydrogen-bond acceptors (Lipinski definition) is 2. The fourth-order valence-electron chi connectivity index (χ4n) is 12.5. The van der Waals surface area contributed by atoms with Crippen molar-refractivity contribution in [3.05, 3.63) is 309 Å². The fraction of sp³-hybridized carbons (Fsp3) is 0.108. The Labute approximate surface area is 393 Å². The molecule has 2 aromatic heterocycles. The van der Waals surface area contributed by atoms with E-state index >= 15 is 0 Å². The summed E-state index contributed by atoms with van der Waals surface area (Å²) in [5.74, 6) is 0. The van der Waals surface area contributed by atoms with Gasteiger partial charge in [-0.2, -0.15) is 0 Å². The minimum absolute atomic E-state index is 0.219. The van der Waals surface area contributed by atoms with E-state index in [1.54, 1.807) is 0 Å². The van der Waals surface area contributed by atoms with Crippen molar-refractivity contribution in [2.45, 2.75) is 42.4 Å². The van der Waals surface area contributed by atoms with Crippen LogP contribution >= 0.6 is 0 Å². The molecule has 13 rings (SSSR count). The Hall–Kier alpha value is -7.94. The summed E-state index contributed by atoms with van der Waals surface area (Å²) in [6, 6.07) is 85.8. The number of fused-ring (bicyclic) bond motifs is 9. The molecule has 0 N–H and O–H groups in total. The van der Waals surface area contributed by atoms with Crippen molar-refractivity contribution < 1.29 is 0 Å². The normalized spacial score (nSPS) is 15.1. The number of hydrogen-bond donors (Lipinski definition) is 0. The van der Waals surface area contributed by atoms with E-state index in [9.17, 15) is 0 Å². The average Bonchev–Trinajstić information content (AvgIpc) is 3.98.